The fourth-order valence-electron chi connectivity index (χ4n) is 1.70. The van der Waals surface area contributed by atoms with Crippen molar-refractivity contribution in [2.75, 3.05) is 12.9 Å². The van der Waals surface area contributed by atoms with Crippen molar-refractivity contribution in [3.05, 3.63) is 11.6 Å². The van der Waals surface area contributed by atoms with E-state index in [4.69, 9.17) is 4.74 Å². The fourth-order valence-corrected chi connectivity index (χ4v) is 2.10. The Morgan fingerprint density at radius 1 is 1.47 bits per heavy atom. The van der Waals surface area contributed by atoms with Crippen molar-refractivity contribution in [2.45, 2.75) is 51.7 Å². The Hall–Kier alpha value is -0.390. The van der Waals surface area contributed by atoms with Gasteiger partial charge in [0, 0.05) is 0 Å². The van der Waals surface area contributed by atoms with E-state index in [9.17, 15) is 8.42 Å². The van der Waals surface area contributed by atoms with Crippen LogP contribution < -0.4 is 0 Å². The van der Waals surface area contributed by atoms with Gasteiger partial charge in [0.2, 0.25) is 0 Å². The van der Waals surface area contributed by atoms with Crippen LogP contribution in [0, 0.1) is 0 Å². The largest absolute Gasteiger partial charge is 0.367 e. The van der Waals surface area contributed by atoms with Gasteiger partial charge in [-0.2, -0.15) is 8.42 Å². The van der Waals surface area contributed by atoms with Crippen molar-refractivity contribution in [3.8, 4) is 0 Å². The topological polar surface area (TPSA) is 55.9 Å². The van der Waals surface area contributed by atoms with Crippen LogP contribution in [-0.2, 0) is 19.0 Å². The minimum absolute atomic E-state index is 0.0552. The maximum atomic E-state index is 10.7. The second-order valence-corrected chi connectivity index (χ2v) is 6.76. The van der Waals surface area contributed by atoms with Gasteiger partial charge in [-0.1, -0.05) is 11.6 Å². The lowest BCUT2D eigenvalue weighted by molar-refractivity contribution is 0.320. The lowest BCUT2D eigenvalue weighted by Gasteiger charge is -2.01. The summed E-state index contributed by atoms with van der Waals surface area (Å²) >= 11 is 0. The molecule has 5 heteroatoms. The van der Waals surface area contributed by atoms with Gasteiger partial charge in [-0.25, -0.2) is 0 Å². The molecule has 0 saturated carbocycles. The Labute approximate surface area is 104 Å². The van der Waals surface area contributed by atoms with Crippen molar-refractivity contribution < 1.29 is 17.3 Å². The van der Waals surface area contributed by atoms with E-state index in [2.05, 4.69) is 25.0 Å². The first-order valence-electron chi connectivity index (χ1n) is 5.88. The predicted molar refractivity (Wildman–Crippen MR) is 67.4 cm³/mol. The monoisotopic (exact) mass is 262 g/mol. The lowest BCUT2D eigenvalue weighted by atomic mass is 10.0. The van der Waals surface area contributed by atoms with Crippen LogP contribution in [0.15, 0.2) is 11.6 Å². The van der Waals surface area contributed by atoms with Crippen LogP contribution in [0.1, 0.15) is 40.0 Å². The molecule has 0 N–H and O–H groups in total. The van der Waals surface area contributed by atoms with E-state index in [-0.39, 0.29) is 12.2 Å². The Bertz CT molecular complexity index is 381. The van der Waals surface area contributed by atoms with E-state index in [1.54, 1.807) is 0 Å². The highest BCUT2D eigenvalue weighted by Crippen LogP contribution is 2.38. The first-order valence-corrected chi connectivity index (χ1v) is 7.70. The Balaban J connectivity index is 2.13. The molecule has 0 aliphatic carbocycles. The van der Waals surface area contributed by atoms with Crippen LogP contribution >= 0.6 is 0 Å². The number of epoxide rings is 1. The molecule has 1 heterocycles. The molecular weight excluding hydrogens is 240 g/mol. The minimum atomic E-state index is -3.30. The average Bonchev–Trinajstić information content (AvgIpc) is 2.77. The fraction of sp³-hybridized carbons (Fsp3) is 0.833. The van der Waals surface area contributed by atoms with Gasteiger partial charge in [0.1, 0.15) is 0 Å². The summed E-state index contributed by atoms with van der Waals surface area (Å²) in [6, 6.07) is 0. The Morgan fingerprint density at radius 3 is 2.53 bits per heavy atom. The molecule has 1 unspecified atom stereocenters. The van der Waals surface area contributed by atoms with Gasteiger partial charge in [-0.05, 0) is 40.0 Å². The van der Waals surface area contributed by atoms with Gasteiger partial charge >= 0.3 is 0 Å². The lowest BCUT2D eigenvalue weighted by Crippen LogP contribution is -2.04. The van der Waals surface area contributed by atoms with E-state index in [1.165, 1.54) is 5.57 Å². The summed E-state index contributed by atoms with van der Waals surface area (Å²) in [6.07, 6.45) is 6.12. The third-order valence-electron chi connectivity index (χ3n) is 2.87. The number of ether oxygens (including phenoxy) is 1. The first kappa shape index (κ1) is 14.7. The van der Waals surface area contributed by atoms with Gasteiger partial charge in [-0.15, -0.1) is 0 Å². The summed E-state index contributed by atoms with van der Waals surface area (Å²) in [5, 5.41) is 0. The zero-order chi connectivity index (χ0) is 13.1. The van der Waals surface area contributed by atoms with Crippen molar-refractivity contribution in [1.82, 2.24) is 0 Å². The average molecular weight is 262 g/mol. The van der Waals surface area contributed by atoms with Crippen LogP contribution in [0.3, 0.4) is 0 Å². The molecule has 0 bridgehead atoms. The van der Waals surface area contributed by atoms with E-state index in [0.29, 0.717) is 12.5 Å². The van der Waals surface area contributed by atoms with Crippen LogP contribution in [0.5, 0.6) is 0 Å². The molecule has 100 valence electrons. The summed E-state index contributed by atoms with van der Waals surface area (Å²) in [5.41, 5.74) is 1.31. The summed E-state index contributed by atoms with van der Waals surface area (Å²) < 4.78 is 31.6. The molecule has 1 aliphatic heterocycles. The van der Waals surface area contributed by atoms with Crippen LogP contribution in [0.2, 0.25) is 0 Å². The molecule has 0 aromatic rings. The van der Waals surface area contributed by atoms with E-state index < -0.39 is 10.1 Å². The molecule has 4 nitrogen and oxygen atoms in total. The van der Waals surface area contributed by atoms with Crippen molar-refractivity contribution >= 4 is 10.1 Å². The van der Waals surface area contributed by atoms with Gasteiger partial charge in [-0.3, -0.25) is 4.18 Å². The van der Waals surface area contributed by atoms with Crippen molar-refractivity contribution in [2.24, 2.45) is 0 Å². The molecule has 17 heavy (non-hydrogen) atoms. The zero-order valence-corrected chi connectivity index (χ0v) is 11.8. The number of allylic oxidation sites excluding steroid dienone is 1. The minimum Gasteiger partial charge on any atom is -0.367 e. The number of hydrogen-bond acceptors (Lipinski definition) is 4. The maximum Gasteiger partial charge on any atom is 0.264 e. The molecule has 0 aromatic heterocycles. The predicted octanol–water partition coefficient (Wildman–Crippen LogP) is 2.26. The molecule has 0 amide bonds. The van der Waals surface area contributed by atoms with E-state index in [0.717, 1.165) is 19.1 Å². The van der Waals surface area contributed by atoms with Crippen molar-refractivity contribution in [3.63, 3.8) is 0 Å². The molecule has 1 rings (SSSR count). The molecule has 0 aromatic carbocycles. The smallest absolute Gasteiger partial charge is 0.264 e. The molecule has 1 aliphatic rings. The second kappa shape index (κ2) is 5.50. The van der Waals surface area contributed by atoms with Gasteiger partial charge in [0.05, 0.1) is 24.6 Å². The van der Waals surface area contributed by atoms with E-state index >= 15 is 0 Å². The molecule has 0 spiro atoms. The Kier molecular flexibility index (Phi) is 4.75. The highest BCUT2D eigenvalue weighted by atomic mass is 32.2. The highest BCUT2D eigenvalue weighted by Gasteiger charge is 2.46. The normalized spacial score (nSPS) is 23.8. The summed E-state index contributed by atoms with van der Waals surface area (Å²) in [4.78, 5) is 0. The maximum absolute atomic E-state index is 10.7. The quantitative estimate of drug-likeness (QED) is 0.306. The van der Waals surface area contributed by atoms with Crippen LogP contribution in [0.25, 0.3) is 0 Å². The summed E-state index contributed by atoms with van der Waals surface area (Å²) in [6.45, 7) is 6.46. The third-order valence-corrected chi connectivity index (χ3v) is 3.47. The van der Waals surface area contributed by atoms with Gasteiger partial charge < -0.3 is 4.74 Å². The number of rotatable bonds is 7. The highest BCUT2D eigenvalue weighted by molar-refractivity contribution is 7.85. The first-order chi connectivity index (χ1) is 7.71. The van der Waals surface area contributed by atoms with Crippen molar-refractivity contribution in [1.29, 1.82) is 0 Å². The molecule has 1 saturated heterocycles. The molecule has 0 radical (unpaired) electrons. The Morgan fingerprint density at radius 2 is 2.06 bits per heavy atom. The number of hydrogen-bond donors (Lipinski definition) is 0. The molecule has 1 fully saturated rings. The summed E-state index contributed by atoms with van der Waals surface area (Å²) in [7, 11) is -3.30. The van der Waals surface area contributed by atoms with Crippen LogP contribution in [-0.4, -0.2) is 33.0 Å². The summed E-state index contributed by atoms with van der Waals surface area (Å²) in [5.74, 6) is 0. The zero-order valence-electron chi connectivity index (χ0n) is 11.0. The standard InChI is InChI=1S/C12H22O4S/c1-10(6-5-9-15-17(4,13)14)7-8-11-12(2,3)16-11/h6,11H,5,7-9H2,1-4H3/b10-6+. The van der Waals surface area contributed by atoms with Crippen LogP contribution in [0.4, 0.5) is 0 Å². The molecule has 1 atom stereocenters. The van der Waals surface area contributed by atoms with E-state index in [1.807, 2.05) is 6.08 Å². The third kappa shape index (κ3) is 6.19. The van der Waals surface area contributed by atoms with Gasteiger partial charge in [0.15, 0.2) is 0 Å². The second-order valence-electron chi connectivity index (χ2n) is 5.11. The molecular formula is C12H22O4S. The van der Waals surface area contributed by atoms with Gasteiger partial charge in [0.25, 0.3) is 10.1 Å². The SMILES string of the molecule is C/C(=C\CCOS(C)(=O)=O)CCC1OC1(C)C.